The lowest BCUT2D eigenvalue weighted by atomic mass is 9.93. The number of nitrogens with one attached hydrogen (secondary N) is 1. The molecule has 0 aliphatic heterocycles. The van der Waals surface area contributed by atoms with Crippen molar-refractivity contribution in [1.29, 1.82) is 0 Å². The molecule has 1 aromatic rings. The summed E-state index contributed by atoms with van der Waals surface area (Å²) in [7, 11) is 0. The lowest BCUT2D eigenvalue weighted by Crippen LogP contribution is -2.50. The Kier molecular flexibility index (Phi) is 4.99. The molecule has 0 aromatic heterocycles. The number of benzene rings is 1. The fourth-order valence-corrected chi connectivity index (χ4v) is 2.01. The number of ketones is 1. The van der Waals surface area contributed by atoms with Crippen molar-refractivity contribution in [3.05, 3.63) is 33.3 Å². The molecule has 0 bridgehead atoms. The van der Waals surface area contributed by atoms with Crippen molar-refractivity contribution in [2.24, 2.45) is 0 Å². The van der Waals surface area contributed by atoms with Crippen LogP contribution in [0.2, 0.25) is 10.0 Å². The van der Waals surface area contributed by atoms with Crippen LogP contribution in [0, 0.1) is 6.92 Å². The Labute approximate surface area is 123 Å². The van der Waals surface area contributed by atoms with E-state index in [-0.39, 0.29) is 11.7 Å². The van der Waals surface area contributed by atoms with Crippen LogP contribution in [0.15, 0.2) is 12.1 Å². The molecular weight excluding hydrogens is 285 g/mol. The molecule has 0 fully saturated rings. The lowest BCUT2D eigenvalue weighted by molar-refractivity contribution is -0.122. The third kappa shape index (κ3) is 3.48. The molecule has 5 heteroatoms. The average Bonchev–Trinajstić information content (AvgIpc) is 2.34. The zero-order valence-corrected chi connectivity index (χ0v) is 12.9. The number of Topliss-reactive ketones (excluding diaryl/α,β-unsaturated/α-hetero) is 1. The molecule has 0 heterocycles. The Morgan fingerprint density at radius 3 is 2.11 bits per heavy atom. The van der Waals surface area contributed by atoms with Crippen LogP contribution in [0.3, 0.4) is 0 Å². The van der Waals surface area contributed by atoms with Crippen molar-refractivity contribution in [3.8, 4) is 0 Å². The minimum atomic E-state index is -0.874. The largest absolute Gasteiger partial charge is 0.340 e. The molecule has 19 heavy (non-hydrogen) atoms. The van der Waals surface area contributed by atoms with Gasteiger partial charge in [-0.1, -0.05) is 30.1 Å². The zero-order chi connectivity index (χ0) is 14.8. The van der Waals surface area contributed by atoms with E-state index in [4.69, 9.17) is 23.2 Å². The Morgan fingerprint density at radius 2 is 1.74 bits per heavy atom. The molecule has 0 saturated carbocycles. The number of halogens is 2. The van der Waals surface area contributed by atoms with Crippen LogP contribution < -0.4 is 5.32 Å². The first-order valence-electron chi connectivity index (χ1n) is 6.00. The van der Waals surface area contributed by atoms with Crippen LogP contribution in [0.25, 0.3) is 0 Å². The highest BCUT2D eigenvalue weighted by molar-refractivity contribution is 6.36. The minimum Gasteiger partial charge on any atom is -0.340 e. The Balaban J connectivity index is 3.05. The maximum atomic E-state index is 12.2. The summed E-state index contributed by atoms with van der Waals surface area (Å²) < 4.78 is 0. The topological polar surface area (TPSA) is 46.2 Å². The summed E-state index contributed by atoms with van der Waals surface area (Å²) in [5.74, 6) is -0.448. The van der Waals surface area contributed by atoms with Gasteiger partial charge in [-0.3, -0.25) is 9.59 Å². The van der Waals surface area contributed by atoms with Crippen LogP contribution in [-0.4, -0.2) is 17.2 Å². The second kappa shape index (κ2) is 5.93. The van der Waals surface area contributed by atoms with Crippen LogP contribution in [0.1, 0.15) is 43.1 Å². The zero-order valence-electron chi connectivity index (χ0n) is 11.4. The standard InChI is InChI=1S/C14H17Cl2NO2/c1-5-14(4,9(3)18)17-13(19)10-6-11(15)8(2)12(16)7-10/h6-7H,5H2,1-4H3,(H,17,19). The highest BCUT2D eigenvalue weighted by atomic mass is 35.5. The number of hydrogen-bond donors (Lipinski definition) is 1. The molecule has 0 aliphatic carbocycles. The van der Waals surface area contributed by atoms with Crippen LogP contribution in [-0.2, 0) is 4.79 Å². The van der Waals surface area contributed by atoms with Gasteiger partial charge in [0.15, 0.2) is 5.78 Å². The van der Waals surface area contributed by atoms with Gasteiger partial charge in [0.2, 0.25) is 0 Å². The first-order valence-corrected chi connectivity index (χ1v) is 6.76. The highest BCUT2D eigenvalue weighted by Gasteiger charge is 2.30. The van der Waals surface area contributed by atoms with Crippen molar-refractivity contribution in [2.75, 3.05) is 0 Å². The van der Waals surface area contributed by atoms with Crippen LogP contribution >= 0.6 is 23.2 Å². The molecule has 1 amide bonds. The Hall–Kier alpha value is -1.06. The predicted molar refractivity (Wildman–Crippen MR) is 78.0 cm³/mol. The molecule has 3 nitrogen and oxygen atoms in total. The fraction of sp³-hybridized carbons (Fsp3) is 0.429. The van der Waals surface area contributed by atoms with E-state index in [1.807, 2.05) is 6.92 Å². The molecule has 1 N–H and O–H groups in total. The quantitative estimate of drug-likeness (QED) is 0.919. The van der Waals surface area contributed by atoms with Gasteiger partial charge in [0.1, 0.15) is 0 Å². The first kappa shape index (κ1) is 16.0. The highest BCUT2D eigenvalue weighted by Crippen LogP contribution is 2.26. The molecule has 1 rings (SSSR count). The Bertz CT molecular complexity index is 505. The van der Waals surface area contributed by atoms with Crippen molar-refractivity contribution < 1.29 is 9.59 Å². The lowest BCUT2D eigenvalue weighted by Gasteiger charge is -2.26. The number of rotatable bonds is 4. The van der Waals surface area contributed by atoms with Gasteiger partial charge in [-0.15, -0.1) is 0 Å². The number of carbonyl (C=O) groups excluding carboxylic acids is 2. The van der Waals surface area contributed by atoms with E-state index in [0.29, 0.717) is 22.0 Å². The van der Waals surface area contributed by atoms with Gasteiger partial charge < -0.3 is 5.32 Å². The summed E-state index contributed by atoms with van der Waals surface area (Å²) in [6.07, 6.45) is 0.515. The fourth-order valence-electron chi connectivity index (χ4n) is 1.52. The van der Waals surface area contributed by atoms with Gasteiger partial charge in [0.05, 0.1) is 5.54 Å². The SMILES string of the molecule is CCC(C)(NC(=O)c1cc(Cl)c(C)c(Cl)c1)C(C)=O. The molecule has 1 atom stereocenters. The first-order chi connectivity index (χ1) is 8.71. The summed E-state index contributed by atoms with van der Waals surface area (Å²) in [4.78, 5) is 23.7. The second-order valence-electron chi connectivity index (χ2n) is 4.76. The summed E-state index contributed by atoms with van der Waals surface area (Å²) in [6.45, 7) is 6.78. The average molecular weight is 302 g/mol. The normalized spacial score (nSPS) is 13.8. The van der Waals surface area contributed by atoms with E-state index in [2.05, 4.69) is 5.32 Å². The van der Waals surface area contributed by atoms with Gasteiger partial charge in [0, 0.05) is 15.6 Å². The third-order valence-corrected chi connectivity index (χ3v) is 4.20. The van der Waals surface area contributed by atoms with E-state index in [0.717, 1.165) is 5.56 Å². The predicted octanol–water partition coefficient (Wildman–Crippen LogP) is 3.79. The summed E-state index contributed by atoms with van der Waals surface area (Å²) >= 11 is 12.0. The molecule has 0 saturated heterocycles. The van der Waals surface area contributed by atoms with E-state index >= 15 is 0 Å². The summed E-state index contributed by atoms with van der Waals surface area (Å²) in [5.41, 5.74) is 0.201. The number of hydrogen-bond acceptors (Lipinski definition) is 2. The summed E-state index contributed by atoms with van der Waals surface area (Å²) in [5, 5.41) is 3.59. The van der Waals surface area contributed by atoms with Crippen LogP contribution in [0.4, 0.5) is 0 Å². The minimum absolute atomic E-state index is 0.0901. The molecular formula is C14H17Cl2NO2. The van der Waals surface area contributed by atoms with Gasteiger partial charge in [-0.2, -0.15) is 0 Å². The molecule has 104 valence electrons. The maximum Gasteiger partial charge on any atom is 0.252 e. The summed E-state index contributed by atoms with van der Waals surface area (Å²) in [6, 6.07) is 3.10. The van der Waals surface area contributed by atoms with E-state index in [9.17, 15) is 9.59 Å². The second-order valence-corrected chi connectivity index (χ2v) is 5.58. The smallest absolute Gasteiger partial charge is 0.252 e. The van der Waals surface area contributed by atoms with Crippen LogP contribution in [0.5, 0.6) is 0 Å². The van der Waals surface area contributed by atoms with Gasteiger partial charge >= 0.3 is 0 Å². The van der Waals surface area contributed by atoms with Crippen molar-refractivity contribution >= 4 is 34.9 Å². The monoisotopic (exact) mass is 301 g/mol. The molecule has 1 aromatic carbocycles. The molecule has 0 spiro atoms. The van der Waals surface area contributed by atoms with Crippen molar-refractivity contribution in [3.63, 3.8) is 0 Å². The van der Waals surface area contributed by atoms with E-state index in [1.165, 1.54) is 6.92 Å². The van der Waals surface area contributed by atoms with Crippen molar-refractivity contribution in [2.45, 2.75) is 39.7 Å². The number of amides is 1. The van der Waals surface area contributed by atoms with E-state index in [1.54, 1.807) is 26.0 Å². The molecule has 0 aliphatic rings. The van der Waals surface area contributed by atoms with E-state index < -0.39 is 5.54 Å². The third-order valence-electron chi connectivity index (χ3n) is 3.42. The van der Waals surface area contributed by atoms with Gasteiger partial charge in [-0.05, 0) is 44.9 Å². The maximum absolute atomic E-state index is 12.2. The van der Waals surface area contributed by atoms with Crippen molar-refractivity contribution in [1.82, 2.24) is 5.32 Å². The molecule has 0 radical (unpaired) electrons. The van der Waals surface area contributed by atoms with Gasteiger partial charge in [0.25, 0.3) is 5.91 Å². The van der Waals surface area contributed by atoms with Gasteiger partial charge in [-0.25, -0.2) is 0 Å². The Morgan fingerprint density at radius 1 is 1.26 bits per heavy atom. The number of carbonyl (C=O) groups is 2. The molecule has 1 unspecified atom stereocenters.